The Bertz CT molecular complexity index is 631. The van der Waals surface area contributed by atoms with Gasteiger partial charge in [-0.25, -0.2) is 9.37 Å². The number of halogens is 1. The molecular weight excluding hydrogens is 265 g/mol. The van der Waals surface area contributed by atoms with E-state index in [1.807, 2.05) is 38.5 Å². The summed E-state index contributed by atoms with van der Waals surface area (Å²) in [7, 11) is 0. The Morgan fingerprint density at radius 1 is 1.33 bits per heavy atom. The zero-order valence-corrected chi connectivity index (χ0v) is 12.9. The van der Waals surface area contributed by atoms with E-state index in [1.54, 1.807) is 0 Å². The van der Waals surface area contributed by atoms with E-state index in [-0.39, 0.29) is 11.2 Å². The second kappa shape index (κ2) is 5.26. The van der Waals surface area contributed by atoms with Gasteiger partial charge in [0.15, 0.2) is 0 Å². The average Bonchev–Trinajstić information content (AvgIpc) is 3.06. The highest BCUT2D eigenvalue weighted by molar-refractivity contribution is 5.31. The lowest BCUT2D eigenvalue weighted by molar-refractivity contribution is 0.481. The highest BCUT2D eigenvalue weighted by Gasteiger charge is 2.33. The molecule has 1 N–H and O–H groups in total. The van der Waals surface area contributed by atoms with Gasteiger partial charge < -0.3 is 9.88 Å². The van der Waals surface area contributed by atoms with Crippen LogP contribution in [0.2, 0.25) is 0 Å². The SMILES string of the molecule is Cc1cc(Cn2cncc2C2(C)CCNC2)cc(C)c1F. The molecule has 0 amide bonds. The Labute approximate surface area is 125 Å². The summed E-state index contributed by atoms with van der Waals surface area (Å²) >= 11 is 0. The highest BCUT2D eigenvalue weighted by atomic mass is 19.1. The maximum absolute atomic E-state index is 13.7. The van der Waals surface area contributed by atoms with Crippen molar-refractivity contribution in [1.29, 1.82) is 0 Å². The van der Waals surface area contributed by atoms with Crippen LogP contribution in [0.15, 0.2) is 24.7 Å². The highest BCUT2D eigenvalue weighted by Crippen LogP contribution is 2.30. The molecule has 1 atom stereocenters. The lowest BCUT2D eigenvalue weighted by Gasteiger charge is -2.24. The second-order valence-electron chi connectivity index (χ2n) is 6.44. The third-order valence-corrected chi connectivity index (χ3v) is 4.55. The molecular formula is C17H22FN3. The number of nitrogens with zero attached hydrogens (tertiary/aromatic N) is 2. The normalized spacial score (nSPS) is 21.9. The van der Waals surface area contributed by atoms with Crippen molar-refractivity contribution in [2.75, 3.05) is 13.1 Å². The summed E-state index contributed by atoms with van der Waals surface area (Å²) in [5.74, 6) is -0.100. The molecule has 0 aliphatic carbocycles. The van der Waals surface area contributed by atoms with Crippen molar-refractivity contribution in [3.63, 3.8) is 0 Å². The predicted octanol–water partition coefficient (Wildman–Crippen LogP) is 2.94. The van der Waals surface area contributed by atoms with Crippen LogP contribution < -0.4 is 5.32 Å². The monoisotopic (exact) mass is 287 g/mol. The summed E-state index contributed by atoms with van der Waals surface area (Å²) in [6.45, 7) is 8.71. The molecule has 1 aromatic carbocycles. The van der Waals surface area contributed by atoms with Gasteiger partial charge >= 0.3 is 0 Å². The molecule has 0 radical (unpaired) electrons. The topological polar surface area (TPSA) is 29.9 Å². The summed E-state index contributed by atoms with van der Waals surface area (Å²) in [6.07, 6.45) is 4.98. The first-order chi connectivity index (χ1) is 9.99. The quantitative estimate of drug-likeness (QED) is 0.940. The minimum absolute atomic E-state index is 0.100. The van der Waals surface area contributed by atoms with E-state index in [0.717, 1.165) is 31.6 Å². The Morgan fingerprint density at radius 3 is 2.67 bits per heavy atom. The van der Waals surface area contributed by atoms with E-state index in [1.165, 1.54) is 5.69 Å². The fourth-order valence-corrected chi connectivity index (χ4v) is 3.31. The number of hydrogen-bond donors (Lipinski definition) is 1. The lowest BCUT2D eigenvalue weighted by atomic mass is 9.86. The van der Waals surface area contributed by atoms with Gasteiger partial charge in [-0.1, -0.05) is 19.1 Å². The van der Waals surface area contributed by atoms with Gasteiger partial charge in [0.1, 0.15) is 5.82 Å². The molecule has 1 unspecified atom stereocenters. The van der Waals surface area contributed by atoms with E-state index in [0.29, 0.717) is 11.1 Å². The van der Waals surface area contributed by atoms with Crippen LogP contribution in [0.4, 0.5) is 4.39 Å². The fraction of sp³-hybridized carbons (Fsp3) is 0.471. The Morgan fingerprint density at radius 2 is 2.05 bits per heavy atom. The van der Waals surface area contributed by atoms with Crippen molar-refractivity contribution in [1.82, 2.24) is 14.9 Å². The van der Waals surface area contributed by atoms with Crippen molar-refractivity contribution >= 4 is 0 Å². The molecule has 1 aromatic heterocycles. The molecule has 1 aliphatic heterocycles. The summed E-state index contributed by atoms with van der Waals surface area (Å²) in [5.41, 5.74) is 3.94. The summed E-state index contributed by atoms with van der Waals surface area (Å²) in [4.78, 5) is 4.33. The standard InChI is InChI=1S/C17H22FN3/c1-12-6-14(7-13(2)16(12)18)9-21-11-20-8-15(21)17(3)4-5-19-10-17/h6-8,11,19H,4-5,9-10H2,1-3H3. The molecule has 112 valence electrons. The number of hydrogen-bond acceptors (Lipinski definition) is 2. The van der Waals surface area contributed by atoms with Crippen LogP contribution in [-0.4, -0.2) is 22.6 Å². The molecule has 2 aromatic rings. The summed E-state index contributed by atoms with van der Waals surface area (Å²) < 4.78 is 15.9. The van der Waals surface area contributed by atoms with Crippen molar-refractivity contribution in [2.45, 2.75) is 39.2 Å². The van der Waals surface area contributed by atoms with Crippen LogP contribution in [0.5, 0.6) is 0 Å². The van der Waals surface area contributed by atoms with Gasteiger partial charge in [0, 0.05) is 30.4 Å². The van der Waals surface area contributed by atoms with Crippen molar-refractivity contribution in [3.8, 4) is 0 Å². The predicted molar refractivity (Wildman–Crippen MR) is 82.0 cm³/mol. The van der Waals surface area contributed by atoms with Gasteiger partial charge in [-0.3, -0.25) is 0 Å². The zero-order valence-electron chi connectivity index (χ0n) is 12.9. The van der Waals surface area contributed by atoms with Gasteiger partial charge in [0.2, 0.25) is 0 Å². The molecule has 4 heteroatoms. The molecule has 1 fully saturated rings. The Hall–Kier alpha value is -1.68. The molecule has 2 heterocycles. The number of aromatic nitrogens is 2. The van der Waals surface area contributed by atoms with Crippen LogP contribution in [0.3, 0.4) is 0 Å². The zero-order chi connectivity index (χ0) is 15.0. The Balaban J connectivity index is 1.91. The lowest BCUT2D eigenvalue weighted by Crippen LogP contribution is -2.28. The third-order valence-electron chi connectivity index (χ3n) is 4.55. The van der Waals surface area contributed by atoms with Gasteiger partial charge in [-0.15, -0.1) is 0 Å². The maximum atomic E-state index is 13.7. The molecule has 0 spiro atoms. The van der Waals surface area contributed by atoms with Gasteiger partial charge in [-0.2, -0.15) is 0 Å². The van der Waals surface area contributed by atoms with Crippen LogP contribution in [0, 0.1) is 19.7 Å². The number of benzene rings is 1. The average molecular weight is 287 g/mol. The first-order valence-electron chi connectivity index (χ1n) is 7.46. The maximum Gasteiger partial charge on any atom is 0.129 e. The summed E-state index contributed by atoms with van der Waals surface area (Å²) in [5, 5.41) is 3.43. The second-order valence-corrected chi connectivity index (χ2v) is 6.44. The van der Waals surface area contributed by atoms with Crippen molar-refractivity contribution in [3.05, 3.63) is 52.9 Å². The molecule has 0 saturated carbocycles. The molecule has 21 heavy (non-hydrogen) atoms. The summed E-state index contributed by atoms with van der Waals surface area (Å²) in [6, 6.07) is 3.86. The molecule has 0 bridgehead atoms. The fourth-order valence-electron chi connectivity index (χ4n) is 3.31. The van der Waals surface area contributed by atoms with Crippen molar-refractivity contribution < 1.29 is 4.39 Å². The van der Waals surface area contributed by atoms with Crippen LogP contribution in [-0.2, 0) is 12.0 Å². The molecule has 3 rings (SSSR count). The largest absolute Gasteiger partial charge is 0.330 e. The van der Waals surface area contributed by atoms with E-state index >= 15 is 0 Å². The number of rotatable bonds is 3. The first-order valence-corrected chi connectivity index (χ1v) is 7.46. The van der Waals surface area contributed by atoms with E-state index in [2.05, 4.69) is 21.8 Å². The number of aryl methyl sites for hydroxylation is 2. The van der Waals surface area contributed by atoms with Crippen LogP contribution >= 0.6 is 0 Å². The first kappa shape index (κ1) is 14.3. The minimum atomic E-state index is -0.100. The van der Waals surface area contributed by atoms with Crippen LogP contribution in [0.1, 0.15) is 35.7 Å². The van der Waals surface area contributed by atoms with Gasteiger partial charge in [-0.05, 0) is 43.5 Å². The Kier molecular flexibility index (Phi) is 3.57. The van der Waals surface area contributed by atoms with Crippen LogP contribution in [0.25, 0.3) is 0 Å². The van der Waals surface area contributed by atoms with E-state index < -0.39 is 0 Å². The number of imidazole rings is 1. The number of nitrogens with one attached hydrogen (secondary N) is 1. The van der Waals surface area contributed by atoms with E-state index in [9.17, 15) is 4.39 Å². The van der Waals surface area contributed by atoms with Gasteiger partial charge in [0.05, 0.1) is 6.33 Å². The van der Waals surface area contributed by atoms with E-state index in [4.69, 9.17) is 0 Å². The van der Waals surface area contributed by atoms with Crippen molar-refractivity contribution in [2.24, 2.45) is 0 Å². The molecule has 3 nitrogen and oxygen atoms in total. The molecule has 1 saturated heterocycles. The molecule has 1 aliphatic rings. The smallest absolute Gasteiger partial charge is 0.129 e. The third kappa shape index (κ3) is 2.60. The van der Waals surface area contributed by atoms with Gasteiger partial charge in [0.25, 0.3) is 0 Å². The minimum Gasteiger partial charge on any atom is -0.330 e.